The standard InChI is InChI=1S/C13H14O4/c1-3-4-9-5-8-6-11(14)13(2,16)12(15)10(8)7-17-9/h5-7,16H,3-4H2,1-2H3. The fraction of sp³-hybridized carbons (Fsp3) is 0.385. The summed E-state index contributed by atoms with van der Waals surface area (Å²) in [6.45, 7) is 3.22. The van der Waals surface area contributed by atoms with Crippen molar-refractivity contribution in [2.45, 2.75) is 32.3 Å². The van der Waals surface area contributed by atoms with E-state index in [4.69, 9.17) is 4.74 Å². The van der Waals surface area contributed by atoms with Gasteiger partial charge in [-0.25, -0.2) is 0 Å². The van der Waals surface area contributed by atoms with Gasteiger partial charge in [0.2, 0.25) is 5.78 Å². The van der Waals surface area contributed by atoms with E-state index in [0.717, 1.165) is 18.6 Å². The number of carbonyl (C=O) groups is 2. The van der Waals surface area contributed by atoms with E-state index in [1.165, 1.54) is 19.3 Å². The van der Waals surface area contributed by atoms with Crippen molar-refractivity contribution in [3.8, 4) is 0 Å². The molecule has 0 aromatic rings. The minimum atomic E-state index is -1.96. The van der Waals surface area contributed by atoms with Crippen LogP contribution in [0.4, 0.5) is 0 Å². The van der Waals surface area contributed by atoms with Crippen LogP contribution in [-0.4, -0.2) is 22.3 Å². The Kier molecular flexibility index (Phi) is 2.75. The Morgan fingerprint density at radius 1 is 1.35 bits per heavy atom. The van der Waals surface area contributed by atoms with E-state index < -0.39 is 17.2 Å². The lowest BCUT2D eigenvalue weighted by Crippen LogP contribution is -2.46. The van der Waals surface area contributed by atoms with Crippen LogP contribution >= 0.6 is 0 Å². The minimum absolute atomic E-state index is 0.259. The highest BCUT2D eigenvalue weighted by atomic mass is 16.5. The predicted octanol–water partition coefficient (Wildman–Crippen LogP) is 1.41. The van der Waals surface area contributed by atoms with Gasteiger partial charge in [-0.3, -0.25) is 9.59 Å². The molecule has 0 bridgehead atoms. The van der Waals surface area contributed by atoms with Crippen LogP contribution in [0.1, 0.15) is 26.7 Å². The fourth-order valence-electron chi connectivity index (χ4n) is 1.83. The molecule has 1 heterocycles. The normalized spacial score (nSPS) is 27.8. The monoisotopic (exact) mass is 234 g/mol. The molecule has 0 fully saturated rings. The molecule has 90 valence electrons. The third-order valence-electron chi connectivity index (χ3n) is 2.91. The summed E-state index contributed by atoms with van der Waals surface area (Å²) in [4.78, 5) is 23.5. The van der Waals surface area contributed by atoms with Crippen molar-refractivity contribution in [2.75, 3.05) is 0 Å². The second kappa shape index (κ2) is 3.96. The smallest absolute Gasteiger partial charge is 0.205 e. The van der Waals surface area contributed by atoms with Crippen LogP contribution < -0.4 is 0 Å². The third kappa shape index (κ3) is 1.85. The largest absolute Gasteiger partial charge is 0.469 e. The molecule has 0 spiro atoms. The molecule has 2 aliphatic rings. The number of carbonyl (C=O) groups excluding carboxylic acids is 2. The zero-order valence-corrected chi connectivity index (χ0v) is 9.82. The summed E-state index contributed by atoms with van der Waals surface area (Å²) in [6.07, 6.45) is 5.97. The number of hydrogen-bond donors (Lipinski definition) is 1. The van der Waals surface area contributed by atoms with E-state index in [9.17, 15) is 14.7 Å². The second-order valence-electron chi connectivity index (χ2n) is 4.38. The fourth-order valence-corrected chi connectivity index (χ4v) is 1.83. The lowest BCUT2D eigenvalue weighted by molar-refractivity contribution is -0.144. The first-order valence-electron chi connectivity index (χ1n) is 5.58. The average Bonchev–Trinajstić information content (AvgIpc) is 2.27. The van der Waals surface area contributed by atoms with Gasteiger partial charge in [-0.05, 0) is 31.1 Å². The van der Waals surface area contributed by atoms with E-state index in [1.54, 1.807) is 6.08 Å². The van der Waals surface area contributed by atoms with Gasteiger partial charge in [-0.15, -0.1) is 0 Å². The van der Waals surface area contributed by atoms with E-state index in [1.807, 2.05) is 6.92 Å². The molecule has 1 unspecified atom stereocenters. The summed E-state index contributed by atoms with van der Waals surface area (Å²) in [5.74, 6) is -0.458. The van der Waals surface area contributed by atoms with Gasteiger partial charge in [0.15, 0.2) is 11.4 Å². The maximum Gasteiger partial charge on any atom is 0.205 e. The predicted molar refractivity (Wildman–Crippen MR) is 60.9 cm³/mol. The Morgan fingerprint density at radius 2 is 2.06 bits per heavy atom. The highest BCUT2D eigenvalue weighted by Crippen LogP contribution is 2.31. The highest BCUT2D eigenvalue weighted by Gasteiger charge is 2.44. The van der Waals surface area contributed by atoms with Crippen LogP contribution in [0.3, 0.4) is 0 Å². The number of ketones is 2. The van der Waals surface area contributed by atoms with E-state index >= 15 is 0 Å². The summed E-state index contributed by atoms with van der Waals surface area (Å²) in [7, 11) is 0. The van der Waals surface area contributed by atoms with Crippen LogP contribution in [-0.2, 0) is 14.3 Å². The zero-order chi connectivity index (χ0) is 12.6. The van der Waals surface area contributed by atoms with Gasteiger partial charge < -0.3 is 9.84 Å². The molecule has 1 aliphatic heterocycles. The molecule has 0 radical (unpaired) electrons. The van der Waals surface area contributed by atoms with Gasteiger partial charge in [0, 0.05) is 6.42 Å². The van der Waals surface area contributed by atoms with Crippen molar-refractivity contribution < 1.29 is 19.4 Å². The molecule has 0 aromatic carbocycles. The number of Topliss-reactive ketones (excluding diaryl/α,β-unsaturated/α-hetero) is 1. The molecule has 4 heteroatoms. The van der Waals surface area contributed by atoms with Crippen LogP contribution in [0.2, 0.25) is 0 Å². The summed E-state index contributed by atoms with van der Waals surface area (Å²) in [5.41, 5.74) is -1.18. The van der Waals surface area contributed by atoms with Crippen molar-refractivity contribution >= 4 is 11.6 Å². The number of allylic oxidation sites excluding steroid dienone is 3. The zero-order valence-electron chi connectivity index (χ0n) is 9.82. The van der Waals surface area contributed by atoms with Crippen molar-refractivity contribution in [1.29, 1.82) is 0 Å². The summed E-state index contributed by atoms with van der Waals surface area (Å²) in [5, 5.41) is 9.76. The Hall–Kier alpha value is -1.68. The van der Waals surface area contributed by atoms with E-state index in [0.29, 0.717) is 5.57 Å². The highest BCUT2D eigenvalue weighted by molar-refractivity contribution is 6.25. The van der Waals surface area contributed by atoms with Gasteiger partial charge >= 0.3 is 0 Å². The lowest BCUT2D eigenvalue weighted by atomic mass is 9.80. The molecule has 0 amide bonds. The Bertz CT molecular complexity index is 478. The quantitative estimate of drug-likeness (QED) is 0.734. The molecule has 4 nitrogen and oxygen atoms in total. The van der Waals surface area contributed by atoms with Gasteiger partial charge in [0.05, 0.1) is 5.57 Å². The van der Waals surface area contributed by atoms with Crippen molar-refractivity contribution in [3.63, 3.8) is 0 Å². The van der Waals surface area contributed by atoms with Crippen molar-refractivity contribution in [2.24, 2.45) is 0 Å². The summed E-state index contributed by atoms with van der Waals surface area (Å²) in [6, 6.07) is 0. The number of ether oxygens (including phenoxy) is 1. The molecule has 0 saturated heterocycles. The number of hydrogen-bond acceptors (Lipinski definition) is 4. The lowest BCUT2D eigenvalue weighted by Gasteiger charge is -2.27. The first-order valence-corrected chi connectivity index (χ1v) is 5.58. The van der Waals surface area contributed by atoms with Gasteiger partial charge in [-0.2, -0.15) is 0 Å². The maximum atomic E-state index is 11.9. The topological polar surface area (TPSA) is 63.6 Å². The SMILES string of the molecule is CCCC1=CC2=CC(=O)C(C)(O)C(=O)C2=CO1. The van der Waals surface area contributed by atoms with Gasteiger partial charge in [0.25, 0.3) is 0 Å². The first-order chi connectivity index (χ1) is 7.96. The third-order valence-corrected chi connectivity index (χ3v) is 2.91. The number of rotatable bonds is 2. The van der Waals surface area contributed by atoms with Gasteiger partial charge in [-0.1, -0.05) is 6.92 Å². The first kappa shape index (κ1) is 11.8. The van der Waals surface area contributed by atoms with Crippen molar-refractivity contribution in [3.05, 3.63) is 35.3 Å². The average molecular weight is 234 g/mol. The molecule has 2 rings (SSSR count). The molecule has 0 saturated carbocycles. The minimum Gasteiger partial charge on any atom is -0.469 e. The van der Waals surface area contributed by atoms with E-state index in [2.05, 4.69) is 0 Å². The Labute approximate surface area is 99.3 Å². The van der Waals surface area contributed by atoms with Crippen LogP contribution in [0, 0.1) is 0 Å². The number of fused-ring (bicyclic) bond motifs is 1. The molecule has 17 heavy (non-hydrogen) atoms. The van der Waals surface area contributed by atoms with Crippen LogP contribution in [0.25, 0.3) is 0 Å². The molecule has 1 aliphatic carbocycles. The summed E-state index contributed by atoms with van der Waals surface area (Å²) >= 11 is 0. The molecular formula is C13H14O4. The Morgan fingerprint density at radius 3 is 2.71 bits per heavy atom. The number of aliphatic hydroxyl groups is 1. The van der Waals surface area contributed by atoms with Crippen LogP contribution in [0.5, 0.6) is 0 Å². The van der Waals surface area contributed by atoms with E-state index in [-0.39, 0.29) is 5.57 Å². The summed E-state index contributed by atoms with van der Waals surface area (Å²) < 4.78 is 5.30. The Balaban J connectivity index is 2.41. The molecule has 1 N–H and O–H groups in total. The molecular weight excluding hydrogens is 220 g/mol. The second-order valence-corrected chi connectivity index (χ2v) is 4.38. The van der Waals surface area contributed by atoms with Crippen molar-refractivity contribution in [1.82, 2.24) is 0 Å². The molecule has 1 atom stereocenters. The molecule has 0 aromatic heterocycles. The maximum absolute atomic E-state index is 11.9. The van der Waals surface area contributed by atoms with Gasteiger partial charge in [0.1, 0.15) is 12.0 Å². The van der Waals surface area contributed by atoms with Crippen LogP contribution in [0.15, 0.2) is 35.3 Å².